The van der Waals surface area contributed by atoms with Crippen LogP contribution in [0.4, 0.5) is 0 Å². The second kappa shape index (κ2) is 3.40. The summed E-state index contributed by atoms with van der Waals surface area (Å²) in [6.45, 7) is 0. The van der Waals surface area contributed by atoms with Crippen molar-refractivity contribution in [2.24, 2.45) is 0 Å². The van der Waals surface area contributed by atoms with Gasteiger partial charge in [-0.3, -0.25) is 4.79 Å². The van der Waals surface area contributed by atoms with Gasteiger partial charge in [0.2, 0.25) is 5.78 Å². The van der Waals surface area contributed by atoms with Crippen LogP contribution in [0.5, 0.6) is 0 Å². The Morgan fingerprint density at radius 1 is 1.50 bits per heavy atom. The third-order valence-corrected chi connectivity index (χ3v) is 1.41. The van der Waals surface area contributed by atoms with Gasteiger partial charge in [-0.1, -0.05) is 0 Å². The summed E-state index contributed by atoms with van der Waals surface area (Å²) in [5, 5.41) is 8.37. The quantitative estimate of drug-likeness (QED) is 0.722. The Morgan fingerprint density at radius 2 is 2.17 bits per heavy atom. The highest BCUT2D eigenvalue weighted by molar-refractivity contribution is 6.33. The van der Waals surface area contributed by atoms with Crippen molar-refractivity contribution in [2.45, 2.75) is 6.42 Å². The van der Waals surface area contributed by atoms with Gasteiger partial charge >= 0.3 is 5.97 Å². The number of rotatable bonds is 3. The molecule has 0 radical (unpaired) electrons. The Kier molecular flexibility index (Phi) is 2.50. The van der Waals surface area contributed by atoms with Gasteiger partial charge in [0.1, 0.15) is 5.76 Å². The van der Waals surface area contributed by atoms with Crippen molar-refractivity contribution < 1.29 is 19.1 Å². The fourth-order valence-corrected chi connectivity index (χ4v) is 0.843. The number of aliphatic carboxylic acids is 1. The van der Waals surface area contributed by atoms with E-state index in [9.17, 15) is 9.59 Å². The van der Waals surface area contributed by atoms with E-state index in [1.165, 1.54) is 12.1 Å². The van der Waals surface area contributed by atoms with Crippen molar-refractivity contribution in [2.75, 3.05) is 0 Å². The monoisotopic (exact) mass is 188 g/mol. The number of carboxylic acids is 1. The molecule has 0 aromatic carbocycles. The molecule has 1 aromatic rings. The van der Waals surface area contributed by atoms with Crippen LogP contribution in [-0.4, -0.2) is 16.9 Å². The number of ketones is 1. The van der Waals surface area contributed by atoms with Gasteiger partial charge in [0, 0.05) is 0 Å². The molecule has 5 heteroatoms. The van der Waals surface area contributed by atoms with Crippen molar-refractivity contribution >= 4 is 23.4 Å². The lowest BCUT2D eigenvalue weighted by molar-refractivity contribution is -0.148. The number of carbonyl (C=O) groups is 2. The molecule has 1 N–H and O–H groups in total. The number of halogens is 1. The van der Waals surface area contributed by atoms with Crippen LogP contribution in [-0.2, 0) is 16.0 Å². The first-order chi connectivity index (χ1) is 5.59. The van der Waals surface area contributed by atoms with Crippen LogP contribution >= 0.6 is 11.6 Å². The smallest absolute Gasteiger partial charge is 0.372 e. The van der Waals surface area contributed by atoms with E-state index in [2.05, 4.69) is 0 Å². The molecular formula is C7H5ClO4. The van der Waals surface area contributed by atoms with Gasteiger partial charge in [-0.15, -0.1) is 0 Å². The van der Waals surface area contributed by atoms with E-state index >= 15 is 0 Å². The Bertz CT molecular complexity index is 315. The van der Waals surface area contributed by atoms with Crippen LogP contribution < -0.4 is 0 Å². The second-order valence-corrected chi connectivity index (χ2v) is 2.48. The lowest BCUT2D eigenvalue weighted by Crippen LogP contribution is -2.14. The predicted octanol–water partition coefficient (Wildman–Crippen LogP) is 1.13. The summed E-state index contributed by atoms with van der Waals surface area (Å²) >= 11 is 5.40. The molecule has 0 amide bonds. The Balaban J connectivity index is 2.64. The minimum absolute atomic E-state index is 0.142. The number of carboxylic acid groups (broad SMARTS) is 1. The average Bonchev–Trinajstić information content (AvgIpc) is 2.35. The van der Waals surface area contributed by atoms with E-state index in [-0.39, 0.29) is 17.4 Å². The molecule has 0 saturated carbocycles. The van der Waals surface area contributed by atoms with Crippen LogP contribution in [0.2, 0.25) is 5.22 Å². The molecule has 0 aliphatic heterocycles. The van der Waals surface area contributed by atoms with E-state index in [1.54, 1.807) is 0 Å². The summed E-state index contributed by atoms with van der Waals surface area (Å²) in [4.78, 5) is 20.7. The molecule has 1 rings (SSSR count). The first-order valence-corrected chi connectivity index (χ1v) is 3.47. The summed E-state index contributed by atoms with van der Waals surface area (Å²) in [6, 6.07) is 2.91. The molecule has 0 unspecified atom stereocenters. The molecule has 1 heterocycles. The van der Waals surface area contributed by atoms with Gasteiger partial charge in [0.15, 0.2) is 5.22 Å². The predicted molar refractivity (Wildman–Crippen MR) is 40.1 cm³/mol. The Labute approximate surface area is 72.7 Å². The van der Waals surface area contributed by atoms with Gasteiger partial charge in [-0.25, -0.2) is 4.79 Å². The molecule has 0 fully saturated rings. The van der Waals surface area contributed by atoms with Crippen molar-refractivity contribution in [3.8, 4) is 0 Å². The zero-order chi connectivity index (χ0) is 9.14. The first-order valence-electron chi connectivity index (χ1n) is 3.10. The minimum atomic E-state index is -1.47. The average molecular weight is 189 g/mol. The molecule has 64 valence electrons. The molecule has 0 aliphatic carbocycles. The summed E-state index contributed by atoms with van der Waals surface area (Å²) in [6.07, 6.45) is -0.262. The fraction of sp³-hybridized carbons (Fsp3) is 0.143. The van der Waals surface area contributed by atoms with Gasteiger partial charge < -0.3 is 9.52 Å². The SMILES string of the molecule is O=C(O)C(=O)Cc1ccc(Cl)o1. The zero-order valence-corrected chi connectivity index (χ0v) is 6.67. The largest absolute Gasteiger partial charge is 0.475 e. The summed E-state index contributed by atoms with van der Waals surface area (Å²) in [5.41, 5.74) is 0. The summed E-state index contributed by atoms with van der Waals surface area (Å²) in [7, 11) is 0. The first kappa shape index (κ1) is 8.80. The second-order valence-electron chi connectivity index (χ2n) is 2.11. The third kappa shape index (κ3) is 2.10. The van der Waals surface area contributed by atoms with Gasteiger partial charge in [-0.05, 0) is 23.7 Å². The fourth-order valence-electron chi connectivity index (χ4n) is 0.681. The van der Waals surface area contributed by atoms with Crippen LogP contribution in [0.25, 0.3) is 0 Å². The van der Waals surface area contributed by atoms with Crippen molar-refractivity contribution in [1.29, 1.82) is 0 Å². The van der Waals surface area contributed by atoms with E-state index < -0.39 is 11.8 Å². The number of Topliss-reactive ketones (excluding diaryl/α,β-unsaturated/α-hetero) is 1. The standard InChI is InChI=1S/C7H5ClO4/c8-6-2-1-4(12-6)3-5(9)7(10)11/h1-2H,3H2,(H,10,11). The molecule has 0 aliphatic rings. The lowest BCUT2D eigenvalue weighted by Gasteiger charge is -1.89. The lowest BCUT2D eigenvalue weighted by atomic mass is 10.2. The van der Waals surface area contributed by atoms with Crippen molar-refractivity contribution in [3.05, 3.63) is 23.1 Å². The Hall–Kier alpha value is -1.29. The summed E-state index contributed by atoms with van der Waals surface area (Å²) in [5.74, 6) is -2.13. The molecule has 1 aromatic heterocycles. The molecule has 0 spiro atoms. The van der Waals surface area contributed by atoms with Gasteiger partial charge in [0.05, 0.1) is 6.42 Å². The van der Waals surface area contributed by atoms with Crippen molar-refractivity contribution in [1.82, 2.24) is 0 Å². The highest BCUT2D eigenvalue weighted by atomic mass is 35.5. The van der Waals surface area contributed by atoms with E-state index in [0.29, 0.717) is 0 Å². The van der Waals surface area contributed by atoms with Crippen molar-refractivity contribution in [3.63, 3.8) is 0 Å². The highest BCUT2D eigenvalue weighted by Crippen LogP contribution is 2.13. The molecule has 12 heavy (non-hydrogen) atoms. The van der Waals surface area contributed by atoms with Crippen LogP contribution in [0.15, 0.2) is 16.5 Å². The van der Waals surface area contributed by atoms with Crippen LogP contribution in [0.1, 0.15) is 5.76 Å². The third-order valence-electron chi connectivity index (χ3n) is 1.20. The van der Waals surface area contributed by atoms with E-state index in [1.807, 2.05) is 0 Å². The minimum Gasteiger partial charge on any atom is -0.475 e. The number of carbonyl (C=O) groups excluding carboxylic acids is 1. The summed E-state index contributed by atoms with van der Waals surface area (Å²) < 4.78 is 4.79. The van der Waals surface area contributed by atoms with Crippen LogP contribution in [0, 0.1) is 0 Å². The van der Waals surface area contributed by atoms with Crippen LogP contribution in [0.3, 0.4) is 0 Å². The maximum atomic E-state index is 10.6. The number of hydrogen-bond donors (Lipinski definition) is 1. The number of hydrogen-bond acceptors (Lipinski definition) is 3. The number of furan rings is 1. The normalized spacial score (nSPS) is 9.75. The van der Waals surface area contributed by atoms with Gasteiger partial charge in [0.25, 0.3) is 0 Å². The molecule has 4 nitrogen and oxygen atoms in total. The Morgan fingerprint density at radius 3 is 2.58 bits per heavy atom. The topological polar surface area (TPSA) is 67.5 Å². The maximum absolute atomic E-state index is 10.6. The molecule has 0 atom stereocenters. The zero-order valence-electron chi connectivity index (χ0n) is 5.91. The maximum Gasteiger partial charge on any atom is 0.372 e. The van der Waals surface area contributed by atoms with E-state index in [0.717, 1.165) is 0 Å². The molecular weight excluding hydrogens is 184 g/mol. The van der Waals surface area contributed by atoms with E-state index in [4.69, 9.17) is 21.1 Å². The molecule has 0 saturated heterocycles. The molecule has 0 bridgehead atoms. The highest BCUT2D eigenvalue weighted by Gasteiger charge is 2.14. The van der Waals surface area contributed by atoms with Gasteiger partial charge in [-0.2, -0.15) is 0 Å².